The quantitative estimate of drug-likeness (QED) is 0.881. The Balaban J connectivity index is 1.81. The first-order valence-electron chi connectivity index (χ1n) is 6.57. The molecule has 0 saturated carbocycles. The first-order chi connectivity index (χ1) is 9.16. The van der Waals surface area contributed by atoms with E-state index < -0.39 is 11.9 Å². The Labute approximate surface area is 112 Å². The number of aliphatic hydroxyl groups excluding tert-OH is 1. The number of rotatable bonds is 5. The molecule has 1 aliphatic heterocycles. The minimum atomic E-state index is -0.803. The standard InChI is InChI=1S/C14H20FNO3/c1-11(17)13-3-2-12(10-14(13)15)19-9-6-16-4-7-18-8-5-16/h2-3,10-11,17H,4-9H2,1H3/t11-/m1/s1. The average Bonchev–Trinajstić information content (AvgIpc) is 2.39. The van der Waals surface area contributed by atoms with Gasteiger partial charge < -0.3 is 14.6 Å². The summed E-state index contributed by atoms with van der Waals surface area (Å²) in [4.78, 5) is 2.25. The minimum absolute atomic E-state index is 0.292. The fourth-order valence-electron chi connectivity index (χ4n) is 2.05. The maximum Gasteiger partial charge on any atom is 0.132 e. The molecule has 1 aliphatic rings. The van der Waals surface area contributed by atoms with Crippen molar-refractivity contribution in [2.24, 2.45) is 0 Å². The van der Waals surface area contributed by atoms with Gasteiger partial charge >= 0.3 is 0 Å². The van der Waals surface area contributed by atoms with Crippen molar-refractivity contribution in [3.05, 3.63) is 29.6 Å². The molecule has 0 spiro atoms. The number of morpholine rings is 1. The normalized spacial score (nSPS) is 18.3. The lowest BCUT2D eigenvalue weighted by atomic mass is 10.1. The van der Waals surface area contributed by atoms with Crippen LogP contribution in [0.15, 0.2) is 18.2 Å². The molecule has 0 aliphatic carbocycles. The molecule has 106 valence electrons. The summed E-state index contributed by atoms with van der Waals surface area (Å²) in [6.45, 7) is 6.22. The second-order valence-corrected chi connectivity index (χ2v) is 4.66. The van der Waals surface area contributed by atoms with E-state index in [0.717, 1.165) is 32.8 Å². The fourth-order valence-corrected chi connectivity index (χ4v) is 2.05. The first kappa shape index (κ1) is 14.2. The van der Waals surface area contributed by atoms with Gasteiger partial charge in [-0.1, -0.05) is 0 Å². The van der Waals surface area contributed by atoms with E-state index in [1.165, 1.54) is 13.0 Å². The second-order valence-electron chi connectivity index (χ2n) is 4.66. The molecule has 0 aromatic heterocycles. The summed E-state index contributed by atoms with van der Waals surface area (Å²) in [6, 6.07) is 4.57. The van der Waals surface area contributed by atoms with Crippen LogP contribution in [0.2, 0.25) is 0 Å². The summed E-state index contributed by atoms with van der Waals surface area (Å²) >= 11 is 0. The molecule has 1 aromatic carbocycles. The topological polar surface area (TPSA) is 41.9 Å². The zero-order chi connectivity index (χ0) is 13.7. The lowest BCUT2D eigenvalue weighted by Gasteiger charge is -2.26. The van der Waals surface area contributed by atoms with E-state index >= 15 is 0 Å². The van der Waals surface area contributed by atoms with Crippen LogP contribution in [0.4, 0.5) is 4.39 Å². The summed E-state index contributed by atoms with van der Waals surface area (Å²) in [6.07, 6.45) is -0.803. The molecule has 4 nitrogen and oxygen atoms in total. The highest BCUT2D eigenvalue weighted by Gasteiger charge is 2.11. The van der Waals surface area contributed by atoms with Gasteiger partial charge in [0.15, 0.2) is 0 Å². The Morgan fingerprint density at radius 2 is 2.16 bits per heavy atom. The molecule has 19 heavy (non-hydrogen) atoms. The van der Waals surface area contributed by atoms with Gasteiger partial charge in [-0.25, -0.2) is 4.39 Å². The van der Waals surface area contributed by atoms with Crippen LogP contribution in [-0.2, 0) is 4.74 Å². The van der Waals surface area contributed by atoms with Gasteiger partial charge in [0.25, 0.3) is 0 Å². The highest BCUT2D eigenvalue weighted by Crippen LogP contribution is 2.21. The number of benzene rings is 1. The van der Waals surface area contributed by atoms with Crippen molar-refractivity contribution in [1.82, 2.24) is 4.90 Å². The van der Waals surface area contributed by atoms with Crippen molar-refractivity contribution in [3.63, 3.8) is 0 Å². The molecule has 0 unspecified atom stereocenters. The number of aliphatic hydroxyl groups is 1. The van der Waals surface area contributed by atoms with E-state index in [4.69, 9.17) is 9.47 Å². The number of halogens is 1. The molecule has 5 heteroatoms. The third-order valence-corrected chi connectivity index (χ3v) is 3.20. The van der Waals surface area contributed by atoms with Gasteiger partial charge in [-0.2, -0.15) is 0 Å². The van der Waals surface area contributed by atoms with Crippen LogP contribution in [0.25, 0.3) is 0 Å². The monoisotopic (exact) mass is 269 g/mol. The van der Waals surface area contributed by atoms with Gasteiger partial charge in [-0.15, -0.1) is 0 Å². The van der Waals surface area contributed by atoms with Crippen LogP contribution in [-0.4, -0.2) is 49.5 Å². The van der Waals surface area contributed by atoms with Crippen molar-refractivity contribution in [2.75, 3.05) is 39.5 Å². The van der Waals surface area contributed by atoms with Gasteiger partial charge in [0.05, 0.1) is 19.3 Å². The smallest absolute Gasteiger partial charge is 0.132 e. The van der Waals surface area contributed by atoms with Crippen molar-refractivity contribution in [3.8, 4) is 5.75 Å². The average molecular weight is 269 g/mol. The molecule has 1 aromatic rings. The van der Waals surface area contributed by atoms with E-state index in [0.29, 0.717) is 17.9 Å². The van der Waals surface area contributed by atoms with Gasteiger partial charge in [0, 0.05) is 31.3 Å². The van der Waals surface area contributed by atoms with Gasteiger partial charge in [-0.3, -0.25) is 4.90 Å². The van der Waals surface area contributed by atoms with Crippen LogP contribution in [0, 0.1) is 5.82 Å². The van der Waals surface area contributed by atoms with Gasteiger partial charge in [0.1, 0.15) is 18.2 Å². The van der Waals surface area contributed by atoms with E-state index in [2.05, 4.69) is 4.90 Å². The highest BCUT2D eigenvalue weighted by molar-refractivity contribution is 5.29. The van der Waals surface area contributed by atoms with E-state index in [1.807, 2.05) is 0 Å². The first-order valence-corrected chi connectivity index (χ1v) is 6.57. The number of hydrogen-bond donors (Lipinski definition) is 1. The van der Waals surface area contributed by atoms with Crippen LogP contribution in [0.3, 0.4) is 0 Å². The van der Waals surface area contributed by atoms with Crippen LogP contribution >= 0.6 is 0 Å². The molecule has 1 heterocycles. The summed E-state index contributed by atoms with van der Waals surface area (Å²) in [5.74, 6) is 0.0639. The zero-order valence-electron chi connectivity index (χ0n) is 11.1. The Hall–Kier alpha value is -1.17. The largest absolute Gasteiger partial charge is 0.492 e. The Morgan fingerprint density at radius 3 is 2.79 bits per heavy atom. The predicted octanol–water partition coefficient (Wildman–Crippen LogP) is 1.59. The molecular weight excluding hydrogens is 249 g/mol. The summed E-state index contributed by atoms with van der Waals surface area (Å²) < 4.78 is 24.4. The minimum Gasteiger partial charge on any atom is -0.492 e. The highest BCUT2D eigenvalue weighted by atomic mass is 19.1. The lowest BCUT2D eigenvalue weighted by molar-refractivity contribution is 0.0322. The molecule has 1 N–H and O–H groups in total. The second kappa shape index (κ2) is 6.84. The van der Waals surface area contributed by atoms with Gasteiger partial charge in [-0.05, 0) is 19.1 Å². The molecule has 0 radical (unpaired) electrons. The number of ether oxygens (including phenoxy) is 2. The predicted molar refractivity (Wildman–Crippen MR) is 69.8 cm³/mol. The van der Waals surface area contributed by atoms with E-state index in [-0.39, 0.29) is 0 Å². The summed E-state index contributed by atoms with van der Waals surface area (Å²) in [5.41, 5.74) is 0.292. The molecule has 1 fully saturated rings. The Bertz CT molecular complexity index is 406. The molecule has 0 amide bonds. The van der Waals surface area contributed by atoms with Crippen molar-refractivity contribution in [2.45, 2.75) is 13.0 Å². The zero-order valence-corrected chi connectivity index (χ0v) is 11.1. The summed E-state index contributed by atoms with van der Waals surface area (Å²) in [5, 5.41) is 9.34. The number of hydrogen-bond acceptors (Lipinski definition) is 4. The molecule has 0 bridgehead atoms. The third-order valence-electron chi connectivity index (χ3n) is 3.20. The maximum absolute atomic E-state index is 13.6. The van der Waals surface area contributed by atoms with E-state index in [1.54, 1.807) is 12.1 Å². The Kier molecular flexibility index (Phi) is 5.13. The van der Waals surface area contributed by atoms with Crippen LogP contribution in [0.5, 0.6) is 5.75 Å². The number of nitrogens with zero attached hydrogens (tertiary/aromatic N) is 1. The lowest BCUT2D eigenvalue weighted by Crippen LogP contribution is -2.38. The maximum atomic E-state index is 13.6. The third kappa shape index (κ3) is 4.16. The van der Waals surface area contributed by atoms with Crippen LogP contribution < -0.4 is 4.74 Å². The van der Waals surface area contributed by atoms with Crippen molar-refractivity contribution >= 4 is 0 Å². The van der Waals surface area contributed by atoms with E-state index in [9.17, 15) is 9.50 Å². The van der Waals surface area contributed by atoms with Crippen LogP contribution in [0.1, 0.15) is 18.6 Å². The summed E-state index contributed by atoms with van der Waals surface area (Å²) in [7, 11) is 0. The fraction of sp³-hybridized carbons (Fsp3) is 0.571. The van der Waals surface area contributed by atoms with Gasteiger partial charge in [0.2, 0.25) is 0 Å². The molecule has 1 saturated heterocycles. The SMILES string of the molecule is C[C@@H](O)c1ccc(OCCN2CCOCC2)cc1F. The molecular formula is C14H20FNO3. The van der Waals surface area contributed by atoms with Crippen molar-refractivity contribution < 1.29 is 19.0 Å². The molecule has 2 rings (SSSR count). The Morgan fingerprint density at radius 1 is 1.42 bits per heavy atom. The molecule has 1 atom stereocenters. The van der Waals surface area contributed by atoms with Crippen molar-refractivity contribution in [1.29, 1.82) is 0 Å².